The van der Waals surface area contributed by atoms with Crippen LogP contribution < -0.4 is 10.1 Å². The number of nitrogens with zero attached hydrogens (tertiary/aromatic N) is 1. The second-order valence-corrected chi connectivity index (χ2v) is 5.65. The summed E-state index contributed by atoms with van der Waals surface area (Å²) in [5.74, 6) is 1.14. The van der Waals surface area contributed by atoms with Crippen molar-refractivity contribution in [1.82, 2.24) is 10.2 Å². The van der Waals surface area contributed by atoms with Gasteiger partial charge in [-0.3, -0.25) is 4.79 Å². The van der Waals surface area contributed by atoms with Crippen LogP contribution >= 0.6 is 0 Å². The molecule has 1 amide bonds. The third kappa shape index (κ3) is 4.21. The molecule has 1 aliphatic heterocycles. The highest BCUT2D eigenvalue weighted by Crippen LogP contribution is 2.15. The molecule has 21 heavy (non-hydrogen) atoms. The highest BCUT2D eigenvalue weighted by Gasteiger charge is 2.27. The predicted molar refractivity (Wildman–Crippen MR) is 84.6 cm³/mol. The summed E-state index contributed by atoms with van der Waals surface area (Å²) in [5.41, 5.74) is 1.18. The molecule has 0 bridgehead atoms. The molecule has 4 heteroatoms. The van der Waals surface area contributed by atoms with E-state index in [0.717, 1.165) is 25.3 Å². The van der Waals surface area contributed by atoms with E-state index in [1.165, 1.54) is 5.56 Å². The van der Waals surface area contributed by atoms with Gasteiger partial charge < -0.3 is 15.0 Å². The van der Waals surface area contributed by atoms with Gasteiger partial charge in [-0.15, -0.1) is 0 Å². The van der Waals surface area contributed by atoms with Gasteiger partial charge in [0.25, 0.3) is 0 Å². The van der Waals surface area contributed by atoms with Crippen LogP contribution in [0.4, 0.5) is 0 Å². The van der Waals surface area contributed by atoms with Crippen LogP contribution in [0.3, 0.4) is 0 Å². The summed E-state index contributed by atoms with van der Waals surface area (Å²) < 4.78 is 5.43. The summed E-state index contributed by atoms with van der Waals surface area (Å²) in [6.45, 7) is 8.61. The first-order valence-electron chi connectivity index (χ1n) is 7.86. The molecule has 1 aliphatic rings. The van der Waals surface area contributed by atoms with Gasteiger partial charge in [0.15, 0.2) is 0 Å². The summed E-state index contributed by atoms with van der Waals surface area (Å²) in [7, 11) is 0. The highest BCUT2D eigenvalue weighted by molar-refractivity contribution is 5.77. The van der Waals surface area contributed by atoms with Crippen LogP contribution in [0.15, 0.2) is 24.3 Å². The Labute approximate surface area is 127 Å². The lowest BCUT2D eigenvalue weighted by molar-refractivity contribution is -0.134. The third-order valence-corrected chi connectivity index (χ3v) is 4.22. The lowest BCUT2D eigenvalue weighted by Gasteiger charge is -2.38. The minimum Gasteiger partial charge on any atom is -0.494 e. The van der Waals surface area contributed by atoms with Gasteiger partial charge in [-0.25, -0.2) is 0 Å². The number of piperazine rings is 1. The number of rotatable bonds is 5. The fourth-order valence-electron chi connectivity index (χ4n) is 2.72. The standard InChI is InChI=1S/C17H26N2O2/c1-4-21-16-8-5-15(6-9-16)7-10-17(20)19-12-11-18-13(2)14(19)3/h5-6,8-9,13-14,18H,4,7,10-12H2,1-3H3. The van der Waals surface area contributed by atoms with Crippen LogP contribution in [0, 0.1) is 0 Å². The van der Waals surface area contributed by atoms with Crippen molar-refractivity contribution >= 4 is 5.91 Å². The van der Waals surface area contributed by atoms with Crippen molar-refractivity contribution in [2.45, 2.75) is 45.7 Å². The number of nitrogens with one attached hydrogen (secondary N) is 1. The monoisotopic (exact) mass is 290 g/mol. The first-order chi connectivity index (χ1) is 10.1. The zero-order valence-corrected chi connectivity index (χ0v) is 13.3. The number of carbonyl (C=O) groups is 1. The summed E-state index contributed by atoms with van der Waals surface area (Å²) in [6, 6.07) is 8.67. The van der Waals surface area contributed by atoms with Gasteiger partial charge in [-0.1, -0.05) is 12.1 Å². The second-order valence-electron chi connectivity index (χ2n) is 5.65. The Hall–Kier alpha value is -1.55. The average Bonchev–Trinajstić information content (AvgIpc) is 2.49. The summed E-state index contributed by atoms with van der Waals surface area (Å²) in [4.78, 5) is 14.4. The van der Waals surface area contributed by atoms with Crippen LogP contribution in [0.25, 0.3) is 0 Å². The highest BCUT2D eigenvalue weighted by atomic mass is 16.5. The number of hydrogen-bond donors (Lipinski definition) is 1. The van der Waals surface area contributed by atoms with Gasteiger partial charge in [-0.2, -0.15) is 0 Å². The molecule has 1 aromatic carbocycles. The Morgan fingerprint density at radius 1 is 1.33 bits per heavy atom. The Morgan fingerprint density at radius 2 is 2.05 bits per heavy atom. The topological polar surface area (TPSA) is 41.6 Å². The van der Waals surface area contributed by atoms with E-state index in [-0.39, 0.29) is 11.9 Å². The molecule has 2 atom stereocenters. The van der Waals surface area contributed by atoms with Gasteiger partial charge in [0, 0.05) is 31.6 Å². The van der Waals surface area contributed by atoms with E-state index in [4.69, 9.17) is 4.74 Å². The maximum absolute atomic E-state index is 12.4. The molecule has 0 aromatic heterocycles. The molecule has 1 aromatic rings. The SMILES string of the molecule is CCOc1ccc(CCC(=O)N2CCNC(C)C2C)cc1. The van der Waals surface area contributed by atoms with Gasteiger partial charge >= 0.3 is 0 Å². The Bertz CT molecular complexity index is 458. The molecule has 1 saturated heterocycles. The van der Waals surface area contributed by atoms with E-state index in [2.05, 4.69) is 19.2 Å². The van der Waals surface area contributed by atoms with Crippen molar-refractivity contribution in [1.29, 1.82) is 0 Å². The largest absolute Gasteiger partial charge is 0.494 e. The Kier molecular flexibility index (Phi) is 5.62. The van der Waals surface area contributed by atoms with Gasteiger partial charge in [0.05, 0.1) is 6.61 Å². The minimum atomic E-state index is 0.254. The van der Waals surface area contributed by atoms with E-state index in [1.54, 1.807) is 0 Å². The fourth-order valence-corrected chi connectivity index (χ4v) is 2.72. The molecule has 2 rings (SSSR count). The van der Waals surface area contributed by atoms with Crippen LogP contribution in [0.1, 0.15) is 32.8 Å². The number of hydrogen-bond acceptors (Lipinski definition) is 3. The van der Waals surface area contributed by atoms with Crippen molar-refractivity contribution < 1.29 is 9.53 Å². The summed E-state index contributed by atoms with van der Waals surface area (Å²) in [5, 5.41) is 3.40. The fraction of sp³-hybridized carbons (Fsp3) is 0.588. The van der Waals surface area contributed by atoms with E-state index >= 15 is 0 Å². The molecule has 0 radical (unpaired) electrons. The molecule has 0 aliphatic carbocycles. The van der Waals surface area contributed by atoms with E-state index in [0.29, 0.717) is 19.1 Å². The maximum Gasteiger partial charge on any atom is 0.223 e. The second kappa shape index (κ2) is 7.46. The molecule has 1 heterocycles. The van der Waals surface area contributed by atoms with E-state index < -0.39 is 0 Å². The summed E-state index contributed by atoms with van der Waals surface area (Å²) >= 11 is 0. The third-order valence-electron chi connectivity index (χ3n) is 4.22. The van der Waals surface area contributed by atoms with Crippen LogP contribution in [-0.2, 0) is 11.2 Å². The molecule has 1 fully saturated rings. The van der Waals surface area contributed by atoms with Crippen molar-refractivity contribution in [2.75, 3.05) is 19.7 Å². The molecule has 0 saturated carbocycles. The average molecular weight is 290 g/mol. The van der Waals surface area contributed by atoms with E-state index in [9.17, 15) is 4.79 Å². The number of benzene rings is 1. The van der Waals surface area contributed by atoms with Crippen LogP contribution in [0.5, 0.6) is 5.75 Å². The number of aryl methyl sites for hydroxylation is 1. The first kappa shape index (κ1) is 15.8. The Morgan fingerprint density at radius 3 is 2.71 bits per heavy atom. The first-order valence-corrected chi connectivity index (χ1v) is 7.86. The van der Waals surface area contributed by atoms with Crippen molar-refractivity contribution in [3.8, 4) is 5.75 Å². The summed E-state index contributed by atoms with van der Waals surface area (Å²) in [6.07, 6.45) is 1.36. The zero-order valence-electron chi connectivity index (χ0n) is 13.3. The molecule has 1 N–H and O–H groups in total. The number of carbonyl (C=O) groups excluding carboxylic acids is 1. The van der Waals surface area contributed by atoms with Gasteiger partial charge in [0.2, 0.25) is 5.91 Å². The van der Waals surface area contributed by atoms with E-state index in [1.807, 2.05) is 36.1 Å². The number of ether oxygens (including phenoxy) is 1. The molecule has 4 nitrogen and oxygen atoms in total. The van der Waals surface area contributed by atoms with Gasteiger partial charge in [0.1, 0.15) is 5.75 Å². The molecule has 116 valence electrons. The van der Waals surface area contributed by atoms with Crippen LogP contribution in [0.2, 0.25) is 0 Å². The lowest BCUT2D eigenvalue weighted by Crippen LogP contribution is -2.57. The van der Waals surface area contributed by atoms with Crippen molar-refractivity contribution in [3.05, 3.63) is 29.8 Å². The Balaban J connectivity index is 1.85. The van der Waals surface area contributed by atoms with Crippen LogP contribution in [-0.4, -0.2) is 42.6 Å². The van der Waals surface area contributed by atoms with Crippen molar-refractivity contribution in [3.63, 3.8) is 0 Å². The lowest BCUT2D eigenvalue weighted by atomic mass is 10.0. The van der Waals surface area contributed by atoms with Gasteiger partial charge in [-0.05, 0) is 44.9 Å². The molecular weight excluding hydrogens is 264 g/mol. The normalized spacial score (nSPS) is 22.1. The quantitative estimate of drug-likeness (QED) is 0.904. The minimum absolute atomic E-state index is 0.254. The molecular formula is C17H26N2O2. The number of amides is 1. The molecule has 2 unspecified atom stereocenters. The maximum atomic E-state index is 12.4. The predicted octanol–water partition coefficient (Wildman–Crippen LogP) is 2.23. The smallest absolute Gasteiger partial charge is 0.223 e. The van der Waals surface area contributed by atoms with Crippen molar-refractivity contribution in [2.24, 2.45) is 0 Å². The zero-order chi connectivity index (χ0) is 15.2. The molecule has 0 spiro atoms.